The molecule has 1 N–H and O–H groups in total. The zero-order valence-corrected chi connectivity index (χ0v) is 10.3. The van der Waals surface area contributed by atoms with Gasteiger partial charge in [0.15, 0.2) is 0 Å². The number of hydrogen-bond donors (Lipinski definition) is 1. The molecule has 0 saturated carbocycles. The number of rotatable bonds is 1. The summed E-state index contributed by atoms with van der Waals surface area (Å²) in [5.41, 5.74) is 1.08. The Balaban J connectivity index is 2.09. The first kappa shape index (κ1) is 10.3. The fraction of sp³-hybridized carbons (Fsp3) is 0.364. The summed E-state index contributed by atoms with van der Waals surface area (Å²) in [6.45, 7) is 2.48. The highest BCUT2D eigenvalue weighted by Gasteiger charge is 2.20. The predicted molar refractivity (Wildman–Crippen MR) is 64.5 cm³/mol. The van der Waals surface area contributed by atoms with Crippen LogP contribution in [-0.4, -0.2) is 29.1 Å². The van der Waals surface area contributed by atoms with Crippen molar-refractivity contribution in [1.82, 2.24) is 14.7 Å². The first-order valence-corrected chi connectivity index (χ1v) is 6.10. The molecule has 1 saturated heterocycles. The van der Waals surface area contributed by atoms with Crippen LogP contribution >= 0.6 is 15.9 Å². The minimum absolute atomic E-state index is 0.0370. The highest BCUT2D eigenvalue weighted by molar-refractivity contribution is 9.10. The summed E-state index contributed by atoms with van der Waals surface area (Å²) >= 11 is 3.54. The van der Waals surface area contributed by atoms with Crippen LogP contribution in [0.4, 0.5) is 0 Å². The van der Waals surface area contributed by atoms with Crippen molar-refractivity contribution in [3.05, 3.63) is 34.8 Å². The van der Waals surface area contributed by atoms with Gasteiger partial charge in [-0.2, -0.15) is 0 Å². The number of nitrogens with zero attached hydrogens (tertiary/aromatic N) is 2. The van der Waals surface area contributed by atoms with Gasteiger partial charge in [0.05, 0.1) is 22.9 Å². The molecule has 0 spiro atoms. The van der Waals surface area contributed by atoms with Gasteiger partial charge in [-0.1, -0.05) is 6.07 Å². The molecule has 0 aliphatic carbocycles. The number of nitrogens with one attached hydrogen (secondary N) is 1. The molecule has 0 bridgehead atoms. The van der Waals surface area contributed by atoms with E-state index in [2.05, 4.69) is 30.6 Å². The fourth-order valence-electron chi connectivity index (χ4n) is 1.99. The highest BCUT2D eigenvalue weighted by Crippen LogP contribution is 2.23. The topological polar surface area (TPSA) is 38.6 Å². The number of pyridine rings is 1. The predicted octanol–water partition coefficient (Wildman–Crippen LogP) is 1.76. The fourth-order valence-corrected chi connectivity index (χ4v) is 2.53. The third kappa shape index (κ3) is 1.65. The minimum Gasteiger partial charge on any atom is -0.368 e. The van der Waals surface area contributed by atoms with Crippen LogP contribution in [0, 0.1) is 0 Å². The summed E-state index contributed by atoms with van der Waals surface area (Å²) in [5, 5.41) is 3.31. The second-order valence-corrected chi connectivity index (χ2v) is 4.60. The van der Waals surface area contributed by atoms with Crippen molar-refractivity contribution in [2.45, 2.75) is 6.10 Å². The third-order valence-corrected chi connectivity index (χ3v) is 3.37. The number of ether oxygens (including phenoxy) is 1. The highest BCUT2D eigenvalue weighted by atomic mass is 79.9. The van der Waals surface area contributed by atoms with E-state index >= 15 is 0 Å². The van der Waals surface area contributed by atoms with Crippen LogP contribution in [0.1, 0.15) is 11.9 Å². The molecule has 2 aromatic heterocycles. The van der Waals surface area contributed by atoms with Crippen LogP contribution in [0.5, 0.6) is 0 Å². The quantitative estimate of drug-likeness (QED) is 0.810. The Morgan fingerprint density at radius 1 is 1.50 bits per heavy atom. The zero-order chi connectivity index (χ0) is 11.0. The molecule has 0 aromatic carbocycles. The summed E-state index contributed by atoms with van der Waals surface area (Å²) < 4.78 is 8.81. The zero-order valence-electron chi connectivity index (χ0n) is 8.69. The lowest BCUT2D eigenvalue weighted by molar-refractivity contribution is 0.0217. The summed E-state index contributed by atoms with van der Waals surface area (Å²) in [4.78, 5) is 4.45. The van der Waals surface area contributed by atoms with E-state index in [4.69, 9.17) is 4.74 Å². The molecule has 3 rings (SSSR count). The number of aromatic nitrogens is 2. The largest absolute Gasteiger partial charge is 0.368 e. The van der Waals surface area contributed by atoms with E-state index in [9.17, 15) is 0 Å². The Morgan fingerprint density at radius 2 is 2.44 bits per heavy atom. The van der Waals surface area contributed by atoms with Crippen molar-refractivity contribution in [3.63, 3.8) is 0 Å². The Bertz CT molecular complexity index is 505. The lowest BCUT2D eigenvalue weighted by Gasteiger charge is -2.22. The van der Waals surface area contributed by atoms with Crippen molar-refractivity contribution in [2.24, 2.45) is 0 Å². The molecule has 0 radical (unpaired) electrons. The number of fused-ring (bicyclic) bond motifs is 1. The standard InChI is InChI=1S/C11H12BrN3O/c12-10-3-1-2-8-6-14-11(15(8)10)9-7-13-4-5-16-9/h1-3,6,9,13H,4-5,7H2. The van der Waals surface area contributed by atoms with Crippen molar-refractivity contribution in [3.8, 4) is 0 Å². The second-order valence-electron chi connectivity index (χ2n) is 3.79. The molecule has 4 nitrogen and oxygen atoms in total. The maximum absolute atomic E-state index is 5.72. The van der Waals surface area contributed by atoms with Gasteiger partial charge in [-0.3, -0.25) is 4.40 Å². The summed E-state index contributed by atoms with van der Waals surface area (Å²) in [6, 6.07) is 6.05. The number of hydrogen-bond acceptors (Lipinski definition) is 3. The molecule has 1 atom stereocenters. The van der Waals surface area contributed by atoms with Crippen molar-refractivity contribution >= 4 is 21.4 Å². The summed E-state index contributed by atoms with van der Waals surface area (Å²) in [7, 11) is 0. The van der Waals surface area contributed by atoms with Gasteiger partial charge in [0.1, 0.15) is 11.9 Å². The van der Waals surface area contributed by atoms with Crippen LogP contribution in [0.25, 0.3) is 5.52 Å². The third-order valence-electron chi connectivity index (χ3n) is 2.75. The molecule has 16 heavy (non-hydrogen) atoms. The van der Waals surface area contributed by atoms with Crippen LogP contribution in [0.3, 0.4) is 0 Å². The van der Waals surface area contributed by atoms with Gasteiger partial charge in [-0.05, 0) is 28.1 Å². The van der Waals surface area contributed by atoms with Gasteiger partial charge in [-0.15, -0.1) is 0 Å². The van der Waals surface area contributed by atoms with Crippen molar-refractivity contribution in [1.29, 1.82) is 0 Å². The lowest BCUT2D eigenvalue weighted by Crippen LogP contribution is -2.34. The maximum Gasteiger partial charge on any atom is 0.144 e. The van der Waals surface area contributed by atoms with Gasteiger partial charge >= 0.3 is 0 Å². The monoisotopic (exact) mass is 281 g/mol. The molecule has 1 unspecified atom stereocenters. The van der Waals surface area contributed by atoms with E-state index in [1.165, 1.54) is 0 Å². The van der Waals surface area contributed by atoms with Gasteiger partial charge in [0.2, 0.25) is 0 Å². The van der Waals surface area contributed by atoms with Crippen LogP contribution in [-0.2, 0) is 4.74 Å². The van der Waals surface area contributed by atoms with Gasteiger partial charge in [-0.25, -0.2) is 4.98 Å². The molecule has 1 fully saturated rings. The van der Waals surface area contributed by atoms with Gasteiger partial charge in [0, 0.05) is 13.1 Å². The molecule has 1 aliphatic heterocycles. The van der Waals surface area contributed by atoms with Crippen LogP contribution in [0.15, 0.2) is 29.0 Å². The summed E-state index contributed by atoms with van der Waals surface area (Å²) in [5.74, 6) is 0.953. The molecule has 1 aliphatic rings. The van der Waals surface area contributed by atoms with E-state index in [0.29, 0.717) is 0 Å². The SMILES string of the molecule is Brc1cccc2cnc(C3CNCCO3)n12. The Morgan fingerprint density at radius 3 is 3.25 bits per heavy atom. The van der Waals surface area contributed by atoms with E-state index in [1.807, 2.05) is 24.4 Å². The van der Waals surface area contributed by atoms with Crippen molar-refractivity contribution < 1.29 is 4.74 Å². The maximum atomic E-state index is 5.72. The molecule has 5 heteroatoms. The average Bonchev–Trinajstić information content (AvgIpc) is 2.75. The first-order chi connectivity index (χ1) is 7.86. The van der Waals surface area contributed by atoms with Crippen LogP contribution < -0.4 is 5.32 Å². The van der Waals surface area contributed by atoms with Gasteiger partial charge in [0.25, 0.3) is 0 Å². The van der Waals surface area contributed by atoms with Gasteiger partial charge < -0.3 is 10.1 Å². The Labute approximate surface area is 102 Å². The second kappa shape index (κ2) is 4.16. The molecule has 84 valence electrons. The smallest absolute Gasteiger partial charge is 0.144 e. The molecular weight excluding hydrogens is 270 g/mol. The first-order valence-electron chi connectivity index (χ1n) is 5.30. The molecule has 3 heterocycles. The Hall–Kier alpha value is -0.910. The molecule has 2 aromatic rings. The number of halogens is 1. The van der Waals surface area contributed by atoms with E-state index < -0.39 is 0 Å². The summed E-state index contributed by atoms with van der Waals surface area (Å²) in [6.07, 6.45) is 1.91. The van der Waals surface area contributed by atoms with E-state index in [-0.39, 0.29) is 6.10 Å². The van der Waals surface area contributed by atoms with E-state index in [0.717, 1.165) is 35.6 Å². The van der Waals surface area contributed by atoms with Crippen molar-refractivity contribution in [2.75, 3.05) is 19.7 Å². The lowest BCUT2D eigenvalue weighted by atomic mass is 10.3. The van der Waals surface area contributed by atoms with Crippen LogP contribution in [0.2, 0.25) is 0 Å². The number of imidazole rings is 1. The molecular formula is C11H12BrN3O. The van der Waals surface area contributed by atoms with E-state index in [1.54, 1.807) is 0 Å². The normalized spacial score (nSPS) is 21.4. The average molecular weight is 282 g/mol. The molecule has 0 amide bonds. The minimum atomic E-state index is 0.0370. The number of morpholine rings is 1. The Kier molecular flexibility index (Phi) is 2.67.